The molecule has 0 saturated carbocycles. The maximum atomic E-state index is 11.2. The van der Waals surface area contributed by atoms with E-state index in [1.54, 1.807) is 6.92 Å². The molecule has 0 unspecified atom stereocenters. The van der Waals surface area contributed by atoms with Crippen molar-refractivity contribution in [2.24, 2.45) is 0 Å². The van der Waals surface area contributed by atoms with Crippen LogP contribution in [0.5, 0.6) is 0 Å². The largest absolute Gasteiger partial charge is 0.456 e. The number of hydrogen-bond acceptors (Lipinski definition) is 7. The maximum Gasteiger partial charge on any atom is 0.303 e. The Morgan fingerprint density at radius 2 is 1.42 bits per heavy atom. The van der Waals surface area contributed by atoms with Crippen LogP contribution in [0.25, 0.3) is 0 Å². The third-order valence-corrected chi connectivity index (χ3v) is 2.84. The van der Waals surface area contributed by atoms with Crippen molar-refractivity contribution in [3.05, 3.63) is 0 Å². The summed E-state index contributed by atoms with van der Waals surface area (Å²) in [5, 5.41) is 0. The van der Waals surface area contributed by atoms with Crippen molar-refractivity contribution in [3.8, 4) is 0 Å². The molecule has 5 atom stereocenters. The third kappa shape index (κ3) is 3.89. The summed E-state index contributed by atoms with van der Waals surface area (Å²) in [4.78, 5) is 22.4. The molecule has 1 heterocycles. The average molecular weight is 276 g/mol. The zero-order valence-electron chi connectivity index (χ0n) is 11.7. The van der Waals surface area contributed by atoms with E-state index in [9.17, 15) is 9.59 Å². The summed E-state index contributed by atoms with van der Waals surface area (Å²) in [7, 11) is 2.90. The average Bonchev–Trinajstić information content (AvgIpc) is 2.32. The monoisotopic (exact) mass is 276 g/mol. The van der Waals surface area contributed by atoms with E-state index in [0.29, 0.717) is 0 Å². The number of ether oxygens (including phenoxy) is 5. The van der Waals surface area contributed by atoms with Crippen molar-refractivity contribution in [2.45, 2.75) is 51.5 Å². The van der Waals surface area contributed by atoms with Gasteiger partial charge < -0.3 is 23.7 Å². The maximum absolute atomic E-state index is 11.2. The molecular formula is C12H20O7. The molecule has 7 nitrogen and oxygen atoms in total. The molecule has 7 heteroatoms. The number of hydrogen-bond donors (Lipinski definition) is 0. The molecule has 0 aromatic rings. The van der Waals surface area contributed by atoms with Crippen LogP contribution < -0.4 is 0 Å². The molecule has 0 N–H and O–H groups in total. The fourth-order valence-corrected chi connectivity index (χ4v) is 2.09. The lowest BCUT2D eigenvalue weighted by Gasteiger charge is -2.43. The highest BCUT2D eigenvalue weighted by Crippen LogP contribution is 2.28. The molecule has 19 heavy (non-hydrogen) atoms. The molecule has 1 fully saturated rings. The molecule has 1 rings (SSSR count). The van der Waals surface area contributed by atoms with E-state index in [1.165, 1.54) is 28.1 Å². The Kier molecular flexibility index (Phi) is 5.71. The van der Waals surface area contributed by atoms with Gasteiger partial charge in [-0.15, -0.1) is 0 Å². The molecule has 1 aliphatic rings. The van der Waals surface area contributed by atoms with Gasteiger partial charge in [0.05, 0.1) is 6.10 Å². The van der Waals surface area contributed by atoms with Crippen LogP contribution in [0.4, 0.5) is 0 Å². The topological polar surface area (TPSA) is 80.3 Å². The highest BCUT2D eigenvalue weighted by molar-refractivity contribution is 5.67. The van der Waals surface area contributed by atoms with Crippen LogP contribution in [0, 0.1) is 0 Å². The number of methoxy groups -OCH3 is 2. The Labute approximate surface area is 112 Å². The molecule has 0 bridgehead atoms. The summed E-state index contributed by atoms with van der Waals surface area (Å²) < 4.78 is 26.3. The first-order valence-electron chi connectivity index (χ1n) is 5.96. The quantitative estimate of drug-likeness (QED) is 0.681. The summed E-state index contributed by atoms with van der Waals surface area (Å²) in [6.45, 7) is 4.27. The lowest BCUT2D eigenvalue weighted by atomic mass is 9.99. The van der Waals surface area contributed by atoms with Crippen LogP contribution in [0.15, 0.2) is 0 Å². The first kappa shape index (κ1) is 15.9. The number of carbonyl (C=O) groups excluding carboxylic acids is 2. The second-order valence-electron chi connectivity index (χ2n) is 4.29. The zero-order valence-corrected chi connectivity index (χ0v) is 11.7. The Morgan fingerprint density at radius 1 is 0.895 bits per heavy atom. The molecule has 0 aromatic heterocycles. The van der Waals surface area contributed by atoms with Gasteiger partial charge in [0, 0.05) is 28.1 Å². The molecule has 1 saturated heterocycles. The lowest BCUT2D eigenvalue weighted by molar-refractivity contribution is -0.296. The van der Waals surface area contributed by atoms with Crippen LogP contribution in [-0.2, 0) is 33.3 Å². The molecule has 110 valence electrons. The second kappa shape index (κ2) is 6.83. The normalized spacial score (nSPS) is 34.7. The summed E-state index contributed by atoms with van der Waals surface area (Å²) in [6.07, 6.45) is -3.37. The van der Waals surface area contributed by atoms with Crippen LogP contribution in [0.1, 0.15) is 20.8 Å². The summed E-state index contributed by atoms with van der Waals surface area (Å²) >= 11 is 0. The summed E-state index contributed by atoms with van der Waals surface area (Å²) in [5.41, 5.74) is 0. The van der Waals surface area contributed by atoms with Gasteiger partial charge in [-0.05, 0) is 6.92 Å². The first-order valence-corrected chi connectivity index (χ1v) is 5.96. The predicted octanol–water partition coefficient (Wildman–Crippen LogP) is 0.256. The van der Waals surface area contributed by atoms with E-state index in [2.05, 4.69) is 0 Å². The van der Waals surface area contributed by atoms with Gasteiger partial charge in [0.25, 0.3) is 0 Å². The van der Waals surface area contributed by atoms with Crippen LogP contribution >= 0.6 is 0 Å². The smallest absolute Gasteiger partial charge is 0.303 e. The van der Waals surface area contributed by atoms with Crippen LogP contribution in [0.2, 0.25) is 0 Å². The van der Waals surface area contributed by atoms with E-state index >= 15 is 0 Å². The van der Waals surface area contributed by atoms with Crippen molar-refractivity contribution in [1.82, 2.24) is 0 Å². The van der Waals surface area contributed by atoms with E-state index in [1.807, 2.05) is 0 Å². The molecule has 0 radical (unpaired) electrons. The van der Waals surface area contributed by atoms with Gasteiger partial charge in [-0.25, -0.2) is 0 Å². The first-order chi connectivity index (χ1) is 8.90. The molecule has 0 aromatic carbocycles. The molecule has 1 aliphatic heterocycles. The number of carbonyl (C=O) groups is 2. The van der Waals surface area contributed by atoms with Crippen LogP contribution in [0.3, 0.4) is 0 Å². The SMILES string of the molecule is CO[C@H]1O[C@@H](C)[C@@H](OC(C)=O)[C@@H](OC(C)=O)[C@@H]1OC. The van der Waals surface area contributed by atoms with Crippen LogP contribution in [-0.4, -0.2) is 56.9 Å². The Morgan fingerprint density at radius 3 is 1.84 bits per heavy atom. The van der Waals surface area contributed by atoms with E-state index in [4.69, 9.17) is 23.7 Å². The Hall–Kier alpha value is -1.18. The second-order valence-corrected chi connectivity index (χ2v) is 4.29. The highest BCUT2D eigenvalue weighted by Gasteiger charge is 2.48. The van der Waals surface area contributed by atoms with Crippen molar-refractivity contribution < 1.29 is 33.3 Å². The Bertz CT molecular complexity index is 330. The van der Waals surface area contributed by atoms with Gasteiger partial charge in [0.2, 0.25) is 0 Å². The van der Waals surface area contributed by atoms with Crippen molar-refractivity contribution in [3.63, 3.8) is 0 Å². The number of esters is 2. The fourth-order valence-electron chi connectivity index (χ4n) is 2.09. The minimum absolute atomic E-state index is 0.482. The minimum Gasteiger partial charge on any atom is -0.456 e. The van der Waals surface area contributed by atoms with Gasteiger partial charge in [-0.3, -0.25) is 9.59 Å². The van der Waals surface area contributed by atoms with E-state index in [0.717, 1.165) is 0 Å². The highest BCUT2D eigenvalue weighted by atomic mass is 16.7. The Balaban J connectivity index is 2.97. The number of rotatable bonds is 4. The lowest BCUT2D eigenvalue weighted by Crippen LogP contribution is -2.60. The zero-order chi connectivity index (χ0) is 14.6. The molecule has 0 spiro atoms. The summed E-state index contributed by atoms with van der Waals surface area (Å²) in [6, 6.07) is 0. The molecule has 0 amide bonds. The minimum atomic E-state index is -0.778. The summed E-state index contributed by atoms with van der Waals surface area (Å²) in [5.74, 6) is -0.975. The van der Waals surface area contributed by atoms with E-state index in [-0.39, 0.29) is 0 Å². The van der Waals surface area contributed by atoms with Gasteiger partial charge in [-0.1, -0.05) is 0 Å². The van der Waals surface area contributed by atoms with Crippen molar-refractivity contribution in [1.29, 1.82) is 0 Å². The van der Waals surface area contributed by atoms with E-state index < -0.39 is 42.6 Å². The van der Waals surface area contributed by atoms with Gasteiger partial charge >= 0.3 is 11.9 Å². The standard InChI is InChI=1S/C12H20O7/c1-6-9(18-7(2)13)10(19-8(3)14)11(15-4)12(16-5)17-6/h6,9-12H,1-5H3/t6-,9+,10+,11-,12-/m0/s1. The fraction of sp³-hybridized carbons (Fsp3) is 0.833. The molecular weight excluding hydrogens is 256 g/mol. The van der Waals surface area contributed by atoms with Gasteiger partial charge in [0.15, 0.2) is 18.5 Å². The van der Waals surface area contributed by atoms with Crippen molar-refractivity contribution >= 4 is 11.9 Å². The third-order valence-electron chi connectivity index (χ3n) is 2.84. The molecule has 0 aliphatic carbocycles. The van der Waals surface area contributed by atoms with Gasteiger partial charge in [-0.2, -0.15) is 0 Å². The van der Waals surface area contributed by atoms with Crippen molar-refractivity contribution in [2.75, 3.05) is 14.2 Å². The predicted molar refractivity (Wildman–Crippen MR) is 63.2 cm³/mol. The van der Waals surface area contributed by atoms with Gasteiger partial charge in [0.1, 0.15) is 6.10 Å².